The highest BCUT2D eigenvalue weighted by molar-refractivity contribution is 7.98. The lowest BCUT2D eigenvalue weighted by atomic mass is 10.2. The minimum atomic E-state index is 0.642. The summed E-state index contributed by atoms with van der Waals surface area (Å²) >= 11 is 1.90. The predicted octanol–water partition coefficient (Wildman–Crippen LogP) is 2.59. The molecule has 4 nitrogen and oxygen atoms in total. The molecule has 0 bridgehead atoms. The van der Waals surface area contributed by atoms with Crippen molar-refractivity contribution >= 4 is 11.8 Å². The first kappa shape index (κ1) is 12.4. The number of rotatable bonds is 5. The maximum atomic E-state index is 5.58. The molecule has 0 fully saturated rings. The van der Waals surface area contributed by atoms with Crippen molar-refractivity contribution in [3.63, 3.8) is 0 Å². The van der Waals surface area contributed by atoms with Gasteiger partial charge in [0, 0.05) is 30.4 Å². The largest absolute Gasteiger partial charge is 0.486 e. The molecule has 1 aliphatic rings. The number of benzene rings is 1. The van der Waals surface area contributed by atoms with Crippen LogP contribution in [-0.4, -0.2) is 28.7 Å². The third-order valence-electron chi connectivity index (χ3n) is 2.90. The average Bonchev–Trinajstić information content (AvgIpc) is 2.97. The Bertz CT molecular complexity index is 528. The van der Waals surface area contributed by atoms with E-state index >= 15 is 0 Å². The Hall–Kier alpha value is -1.62. The van der Waals surface area contributed by atoms with E-state index in [1.807, 2.05) is 41.0 Å². The molecule has 0 N–H and O–H groups in total. The summed E-state index contributed by atoms with van der Waals surface area (Å²) in [5, 5.41) is 4.19. The van der Waals surface area contributed by atoms with Crippen molar-refractivity contribution in [1.29, 1.82) is 0 Å². The van der Waals surface area contributed by atoms with Crippen molar-refractivity contribution in [3.05, 3.63) is 42.2 Å². The molecule has 1 aromatic heterocycles. The van der Waals surface area contributed by atoms with Crippen LogP contribution in [0.4, 0.5) is 0 Å². The fourth-order valence-corrected chi connectivity index (χ4v) is 2.83. The van der Waals surface area contributed by atoms with Crippen LogP contribution in [0.2, 0.25) is 0 Å². The van der Waals surface area contributed by atoms with Gasteiger partial charge >= 0.3 is 0 Å². The third kappa shape index (κ3) is 3.23. The van der Waals surface area contributed by atoms with Crippen LogP contribution in [0.25, 0.3) is 0 Å². The van der Waals surface area contributed by atoms with E-state index in [1.165, 1.54) is 5.56 Å². The first-order valence-corrected chi connectivity index (χ1v) is 7.51. The molecule has 100 valence electrons. The summed E-state index contributed by atoms with van der Waals surface area (Å²) in [5.41, 5.74) is 1.27. The Labute approximate surface area is 116 Å². The molecule has 19 heavy (non-hydrogen) atoms. The lowest BCUT2D eigenvalue weighted by molar-refractivity contribution is 0.171. The Morgan fingerprint density at radius 1 is 1.21 bits per heavy atom. The Morgan fingerprint density at radius 3 is 2.95 bits per heavy atom. The second kappa shape index (κ2) is 6.02. The second-order valence-corrected chi connectivity index (χ2v) is 5.40. The summed E-state index contributed by atoms with van der Waals surface area (Å²) in [6, 6.07) is 8.13. The Morgan fingerprint density at radius 2 is 2.11 bits per heavy atom. The lowest BCUT2D eigenvalue weighted by Gasteiger charge is -2.18. The number of aryl methyl sites for hydroxylation is 1. The smallest absolute Gasteiger partial charge is 0.161 e. The number of fused-ring (bicyclic) bond motifs is 1. The average molecular weight is 276 g/mol. The summed E-state index contributed by atoms with van der Waals surface area (Å²) in [5.74, 6) is 3.77. The van der Waals surface area contributed by atoms with Gasteiger partial charge in [0.1, 0.15) is 13.2 Å². The number of hydrogen-bond donors (Lipinski definition) is 0. The summed E-state index contributed by atoms with van der Waals surface area (Å²) in [7, 11) is 0. The van der Waals surface area contributed by atoms with Gasteiger partial charge < -0.3 is 9.47 Å². The van der Waals surface area contributed by atoms with Gasteiger partial charge in [-0.2, -0.15) is 16.9 Å². The van der Waals surface area contributed by atoms with Gasteiger partial charge in [-0.3, -0.25) is 4.68 Å². The Balaban J connectivity index is 1.50. The molecule has 0 radical (unpaired) electrons. The summed E-state index contributed by atoms with van der Waals surface area (Å²) in [4.78, 5) is 0. The fourth-order valence-electron chi connectivity index (χ4n) is 1.96. The molecule has 0 amide bonds. The van der Waals surface area contributed by atoms with Gasteiger partial charge in [0.15, 0.2) is 11.5 Å². The molecule has 2 aromatic rings. The molecular weight excluding hydrogens is 260 g/mol. The summed E-state index contributed by atoms with van der Waals surface area (Å²) in [6.07, 6.45) is 3.80. The summed E-state index contributed by atoms with van der Waals surface area (Å²) in [6.45, 7) is 2.23. The van der Waals surface area contributed by atoms with Crippen LogP contribution in [0.15, 0.2) is 36.7 Å². The van der Waals surface area contributed by atoms with E-state index in [-0.39, 0.29) is 0 Å². The van der Waals surface area contributed by atoms with Gasteiger partial charge in [0.05, 0.1) is 0 Å². The lowest BCUT2D eigenvalue weighted by Crippen LogP contribution is -2.15. The quantitative estimate of drug-likeness (QED) is 0.787. The fraction of sp³-hybridized carbons (Fsp3) is 0.357. The van der Waals surface area contributed by atoms with Crippen molar-refractivity contribution in [2.75, 3.05) is 19.0 Å². The van der Waals surface area contributed by atoms with Gasteiger partial charge in [0.25, 0.3) is 0 Å². The molecule has 1 aromatic carbocycles. The molecule has 2 heterocycles. The van der Waals surface area contributed by atoms with Crippen molar-refractivity contribution in [3.8, 4) is 11.5 Å². The first-order chi connectivity index (χ1) is 9.42. The molecule has 5 heteroatoms. The number of nitrogens with zero attached hydrogens (tertiary/aromatic N) is 2. The van der Waals surface area contributed by atoms with Gasteiger partial charge in [-0.25, -0.2) is 0 Å². The number of thioether (sulfide) groups is 1. The highest BCUT2D eigenvalue weighted by Crippen LogP contribution is 2.31. The molecule has 3 rings (SSSR count). The zero-order chi connectivity index (χ0) is 12.9. The zero-order valence-corrected chi connectivity index (χ0v) is 11.4. The minimum Gasteiger partial charge on any atom is -0.486 e. The zero-order valence-electron chi connectivity index (χ0n) is 10.6. The van der Waals surface area contributed by atoms with Crippen molar-refractivity contribution in [1.82, 2.24) is 9.78 Å². The van der Waals surface area contributed by atoms with Gasteiger partial charge in [-0.1, -0.05) is 6.07 Å². The van der Waals surface area contributed by atoms with Gasteiger partial charge in [-0.05, 0) is 23.8 Å². The number of aromatic nitrogens is 2. The van der Waals surface area contributed by atoms with Crippen LogP contribution in [-0.2, 0) is 12.3 Å². The van der Waals surface area contributed by atoms with E-state index in [1.54, 1.807) is 0 Å². The van der Waals surface area contributed by atoms with Crippen LogP contribution in [0.1, 0.15) is 5.56 Å². The molecular formula is C14H16N2O2S. The van der Waals surface area contributed by atoms with E-state index in [0.717, 1.165) is 29.5 Å². The van der Waals surface area contributed by atoms with Crippen LogP contribution in [0.3, 0.4) is 0 Å². The van der Waals surface area contributed by atoms with Gasteiger partial charge in [0.2, 0.25) is 0 Å². The van der Waals surface area contributed by atoms with Crippen LogP contribution < -0.4 is 9.47 Å². The molecule has 0 spiro atoms. The maximum Gasteiger partial charge on any atom is 0.161 e. The van der Waals surface area contributed by atoms with Crippen molar-refractivity contribution in [2.45, 2.75) is 12.3 Å². The summed E-state index contributed by atoms with van der Waals surface area (Å²) < 4.78 is 13.0. The predicted molar refractivity (Wildman–Crippen MR) is 75.8 cm³/mol. The van der Waals surface area contributed by atoms with Crippen LogP contribution in [0.5, 0.6) is 11.5 Å². The molecule has 0 saturated carbocycles. The van der Waals surface area contributed by atoms with Crippen molar-refractivity contribution in [2.24, 2.45) is 0 Å². The first-order valence-electron chi connectivity index (χ1n) is 6.35. The molecule has 0 unspecified atom stereocenters. The van der Waals surface area contributed by atoms with Crippen LogP contribution in [0, 0.1) is 0 Å². The molecule has 0 saturated heterocycles. The van der Waals surface area contributed by atoms with E-state index < -0.39 is 0 Å². The maximum absolute atomic E-state index is 5.58. The molecule has 1 aliphatic heterocycles. The monoisotopic (exact) mass is 276 g/mol. The van der Waals surface area contributed by atoms with E-state index in [4.69, 9.17) is 9.47 Å². The van der Waals surface area contributed by atoms with E-state index in [0.29, 0.717) is 13.2 Å². The third-order valence-corrected chi connectivity index (χ3v) is 3.91. The normalized spacial score (nSPS) is 13.5. The SMILES string of the molecule is c1cnn(CCSCc2ccc3c(c2)OCCO3)c1. The van der Waals surface area contributed by atoms with Gasteiger partial charge in [-0.15, -0.1) is 0 Å². The van der Waals surface area contributed by atoms with Crippen molar-refractivity contribution < 1.29 is 9.47 Å². The molecule has 0 atom stereocenters. The van der Waals surface area contributed by atoms with E-state index in [2.05, 4.69) is 17.2 Å². The van der Waals surface area contributed by atoms with Crippen LogP contribution >= 0.6 is 11.8 Å². The second-order valence-electron chi connectivity index (χ2n) is 4.30. The molecule has 0 aliphatic carbocycles. The topological polar surface area (TPSA) is 36.3 Å². The number of ether oxygens (including phenoxy) is 2. The highest BCUT2D eigenvalue weighted by atomic mass is 32.2. The standard InChI is InChI=1S/C14H16N2O2S/c1-4-15-16(5-1)6-9-19-11-12-2-3-13-14(10-12)18-8-7-17-13/h1-5,10H,6-9,11H2. The highest BCUT2D eigenvalue weighted by Gasteiger charge is 2.11. The number of hydrogen-bond acceptors (Lipinski definition) is 4. The Kier molecular flexibility index (Phi) is 3.93. The minimum absolute atomic E-state index is 0.642. The van der Waals surface area contributed by atoms with E-state index in [9.17, 15) is 0 Å².